The Hall–Kier alpha value is -1.11. The molecule has 0 aliphatic carbocycles. The zero-order chi connectivity index (χ0) is 18.0. The number of halogens is 3. The van der Waals surface area contributed by atoms with E-state index in [9.17, 15) is 4.79 Å². The molecule has 1 saturated heterocycles. The molecule has 1 aliphatic heterocycles. The Kier molecular flexibility index (Phi) is 5.71. The first-order valence-electron chi connectivity index (χ1n) is 7.55. The van der Waals surface area contributed by atoms with Crippen LogP contribution in [0.2, 0.25) is 10.0 Å². The molecule has 1 fully saturated rings. The van der Waals surface area contributed by atoms with Crippen LogP contribution in [-0.2, 0) is 20.0 Å². The summed E-state index contributed by atoms with van der Waals surface area (Å²) < 4.78 is 17.1. The van der Waals surface area contributed by atoms with E-state index in [0.717, 1.165) is 5.56 Å². The SMILES string of the molecule is Cc1ccccc1C(=O)OC1COC(CBr)(c2ccc(Cl)cc2Cl)O1. The molecule has 4 nitrogen and oxygen atoms in total. The smallest absolute Gasteiger partial charge is 0.340 e. The van der Waals surface area contributed by atoms with E-state index in [2.05, 4.69) is 15.9 Å². The number of ether oxygens (including phenoxy) is 3. The lowest BCUT2D eigenvalue weighted by Crippen LogP contribution is -2.31. The second-order valence-corrected chi connectivity index (χ2v) is 6.99. The van der Waals surface area contributed by atoms with Crippen LogP contribution in [-0.4, -0.2) is 24.2 Å². The van der Waals surface area contributed by atoms with E-state index in [4.69, 9.17) is 37.4 Å². The molecule has 0 amide bonds. The van der Waals surface area contributed by atoms with E-state index in [-0.39, 0.29) is 6.61 Å². The van der Waals surface area contributed by atoms with Gasteiger partial charge in [0.05, 0.1) is 15.9 Å². The second kappa shape index (κ2) is 7.64. The van der Waals surface area contributed by atoms with Crippen LogP contribution in [0.4, 0.5) is 0 Å². The highest BCUT2D eigenvalue weighted by atomic mass is 79.9. The van der Waals surface area contributed by atoms with Crippen LogP contribution in [0.1, 0.15) is 21.5 Å². The maximum atomic E-state index is 12.4. The number of esters is 1. The minimum absolute atomic E-state index is 0.0994. The van der Waals surface area contributed by atoms with E-state index in [1.165, 1.54) is 0 Å². The summed E-state index contributed by atoms with van der Waals surface area (Å²) in [5.74, 6) is -1.60. The minimum Gasteiger partial charge on any atom is -0.429 e. The Morgan fingerprint density at radius 3 is 2.76 bits per heavy atom. The third-order valence-electron chi connectivity index (χ3n) is 3.90. The zero-order valence-electron chi connectivity index (χ0n) is 13.3. The lowest BCUT2D eigenvalue weighted by Gasteiger charge is -2.27. The molecule has 2 unspecified atom stereocenters. The molecule has 132 valence electrons. The Labute approximate surface area is 164 Å². The quantitative estimate of drug-likeness (QED) is 0.486. The summed E-state index contributed by atoms with van der Waals surface area (Å²) in [6.07, 6.45) is -0.837. The van der Waals surface area contributed by atoms with Gasteiger partial charge in [0.2, 0.25) is 12.1 Å². The zero-order valence-corrected chi connectivity index (χ0v) is 16.4. The van der Waals surface area contributed by atoms with Gasteiger partial charge in [-0.1, -0.05) is 63.4 Å². The predicted octanol–water partition coefficient (Wildman–Crippen LogP) is 5.08. The number of rotatable bonds is 4. The maximum Gasteiger partial charge on any atom is 0.340 e. The molecule has 7 heteroatoms. The van der Waals surface area contributed by atoms with Crippen molar-refractivity contribution in [3.8, 4) is 0 Å². The van der Waals surface area contributed by atoms with Gasteiger partial charge in [-0.15, -0.1) is 0 Å². The lowest BCUT2D eigenvalue weighted by atomic mass is 10.1. The molecule has 0 N–H and O–H groups in total. The maximum absolute atomic E-state index is 12.4. The summed E-state index contributed by atoms with van der Waals surface area (Å²) in [7, 11) is 0. The molecule has 1 aliphatic rings. The summed E-state index contributed by atoms with van der Waals surface area (Å²) in [5, 5.41) is 1.25. The standard InChI is InChI=1S/C18H15BrCl2O4/c1-11-4-2-3-5-13(11)17(22)24-16-9-23-18(10-19,25-16)14-7-6-12(20)8-15(14)21/h2-8,16H,9-10H2,1H3. The van der Waals surface area contributed by atoms with Crippen molar-refractivity contribution in [3.63, 3.8) is 0 Å². The van der Waals surface area contributed by atoms with Crippen molar-refractivity contribution in [2.24, 2.45) is 0 Å². The molecule has 1 heterocycles. The van der Waals surface area contributed by atoms with Crippen molar-refractivity contribution in [3.05, 3.63) is 69.2 Å². The Balaban J connectivity index is 1.77. The highest BCUT2D eigenvalue weighted by Crippen LogP contribution is 2.40. The third kappa shape index (κ3) is 3.86. The summed E-state index contributed by atoms with van der Waals surface area (Å²) >= 11 is 15.6. The van der Waals surface area contributed by atoms with Crippen LogP contribution in [0, 0.1) is 6.92 Å². The highest BCUT2D eigenvalue weighted by Gasteiger charge is 2.45. The van der Waals surface area contributed by atoms with Gasteiger partial charge < -0.3 is 14.2 Å². The molecular weight excluding hydrogens is 431 g/mol. The number of carbonyl (C=O) groups excluding carboxylic acids is 1. The van der Waals surface area contributed by atoms with Crippen molar-refractivity contribution >= 4 is 45.1 Å². The van der Waals surface area contributed by atoms with Gasteiger partial charge >= 0.3 is 5.97 Å². The van der Waals surface area contributed by atoms with Crippen molar-refractivity contribution in [2.75, 3.05) is 11.9 Å². The molecule has 2 aromatic carbocycles. The largest absolute Gasteiger partial charge is 0.429 e. The van der Waals surface area contributed by atoms with E-state index in [0.29, 0.717) is 26.5 Å². The van der Waals surface area contributed by atoms with Gasteiger partial charge in [0.1, 0.15) is 6.61 Å². The molecule has 2 atom stereocenters. The highest BCUT2D eigenvalue weighted by molar-refractivity contribution is 9.09. The molecule has 2 aromatic rings. The molecule has 0 aromatic heterocycles. The van der Waals surface area contributed by atoms with Crippen LogP contribution >= 0.6 is 39.1 Å². The summed E-state index contributed by atoms with van der Waals surface area (Å²) in [6, 6.07) is 12.2. The Morgan fingerprint density at radius 1 is 1.32 bits per heavy atom. The summed E-state index contributed by atoms with van der Waals surface area (Å²) in [5.41, 5.74) is 1.94. The number of hydrogen-bond acceptors (Lipinski definition) is 4. The average Bonchev–Trinajstić information content (AvgIpc) is 2.99. The first kappa shape index (κ1) is 18.7. The number of alkyl halides is 1. The first-order chi connectivity index (χ1) is 11.9. The van der Waals surface area contributed by atoms with Gasteiger partial charge in [-0.05, 0) is 30.7 Å². The number of benzene rings is 2. The van der Waals surface area contributed by atoms with Gasteiger partial charge in [-0.2, -0.15) is 0 Å². The van der Waals surface area contributed by atoms with Crippen LogP contribution in [0.5, 0.6) is 0 Å². The van der Waals surface area contributed by atoms with Gasteiger partial charge in [0.25, 0.3) is 0 Å². The van der Waals surface area contributed by atoms with Gasteiger partial charge in [0.15, 0.2) is 0 Å². The number of hydrogen-bond donors (Lipinski definition) is 0. The normalized spacial score (nSPS) is 22.8. The van der Waals surface area contributed by atoms with Crippen molar-refractivity contribution < 1.29 is 19.0 Å². The van der Waals surface area contributed by atoms with E-state index in [1.54, 1.807) is 30.3 Å². The third-order valence-corrected chi connectivity index (χ3v) is 5.18. The van der Waals surface area contributed by atoms with E-state index in [1.807, 2.05) is 19.1 Å². The fourth-order valence-electron chi connectivity index (χ4n) is 2.61. The van der Waals surface area contributed by atoms with Crippen LogP contribution in [0.15, 0.2) is 42.5 Å². The van der Waals surface area contributed by atoms with Crippen molar-refractivity contribution in [1.29, 1.82) is 0 Å². The fraction of sp³-hybridized carbons (Fsp3) is 0.278. The molecule has 25 heavy (non-hydrogen) atoms. The van der Waals surface area contributed by atoms with E-state index < -0.39 is 18.0 Å². The minimum atomic E-state index is -1.14. The van der Waals surface area contributed by atoms with Gasteiger partial charge in [-0.3, -0.25) is 0 Å². The topological polar surface area (TPSA) is 44.8 Å². The fourth-order valence-corrected chi connectivity index (χ4v) is 3.76. The monoisotopic (exact) mass is 444 g/mol. The second-order valence-electron chi connectivity index (χ2n) is 5.59. The summed E-state index contributed by atoms with van der Waals surface area (Å²) in [4.78, 5) is 12.4. The van der Waals surface area contributed by atoms with Crippen molar-refractivity contribution in [1.82, 2.24) is 0 Å². The Bertz CT molecular complexity index is 798. The molecule has 0 bridgehead atoms. The number of aryl methyl sites for hydroxylation is 1. The van der Waals surface area contributed by atoms with Gasteiger partial charge in [0, 0.05) is 10.6 Å². The predicted molar refractivity (Wildman–Crippen MR) is 99.4 cm³/mol. The van der Waals surface area contributed by atoms with E-state index >= 15 is 0 Å². The van der Waals surface area contributed by atoms with Gasteiger partial charge in [-0.25, -0.2) is 4.79 Å². The molecular formula is C18H15BrCl2O4. The van der Waals surface area contributed by atoms with Crippen molar-refractivity contribution in [2.45, 2.75) is 19.0 Å². The van der Waals surface area contributed by atoms with Crippen LogP contribution in [0.25, 0.3) is 0 Å². The number of carbonyl (C=O) groups is 1. The Morgan fingerprint density at radius 2 is 2.08 bits per heavy atom. The van der Waals surface area contributed by atoms with Crippen LogP contribution < -0.4 is 0 Å². The first-order valence-corrected chi connectivity index (χ1v) is 9.43. The molecule has 0 radical (unpaired) electrons. The lowest BCUT2D eigenvalue weighted by molar-refractivity contribution is -0.190. The molecule has 0 spiro atoms. The summed E-state index contributed by atoms with van der Waals surface area (Å²) in [6.45, 7) is 1.95. The van der Waals surface area contributed by atoms with Crippen LogP contribution in [0.3, 0.4) is 0 Å². The molecule has 0 saturated carbocycles. The average molecular weight is 446 g/mol. The molecule has 3 rings (SSSR count).